The molecule has 1 aliphatic rings. The second-order valence-corrected chi connectivity index (χ2v) is 6.71. The van der Waals surface area contributed by atoms with Gasteiger partial charge in [0, 0.05) is 6.04 Å². The summed E-state index contributed by atoms with van der Waals surface area (Å²) in [6.07, 6.45) is 6.48. The van der Waals surface area contributed by atoms with Gasteiger partial charge in [0.05, 0.1) is 0 Å². The van der Waals surface area contributed by atoms with Crippen molar-refractivity contribution in [2.45, 2.75) is 64.8 Å². The molecule has 0 saturated heterocycles. The summed E-state index contributed by atoms with van der Waals surface area (Å²) in [4.78, 5) is 0. The Bertz CT molecular complexity index is 408. The maximum atomic E-state index is 3.57. The Morgan fingerprint density at radius 2 is 2.05 bits per heavy atom. The molecule has 0 aromatic heterocycles. The van der Waals surface area contributed by atoms with Gasteiger partial charge in [0.1, 0.15) is 0 Å². The first-order valence-corrected chi connectivity index (χ1v) is 7.83. The number of hydrogen-bond acceptors (Lipinski definition) is 1. The number of aryl methyl sites for hydroxylation is 1. The SMILES string of the molecule is CCC(C)(C)C(CC1CCCc2ccccc21)NC. The average Bonchev–Trinajstić information content (AvgIpc) is 2.44. The minimum absolute atomic E-state index is 0.376. The van der Waals surface area contributed by atoms with Crippen LogP contribution in [0.25, 0.3) is 0 Å². The molecule has 2 rings (SSSR count). The minimum Gasteiger partial charge on any atom is -0.316 e. The van der Waals surface area contributed by atoms with Crippen LogP contribution in [0.4, 0.5) is 0 Å². The van der Waals surface area contributed by atoms with Gasteiger partial charge in [0.2, 0.25) is 0 Å². The maximum Gasteiger partial charge on any atom is 0.0121 e. The third kappa shape index (κ3) is 3.20. The topological polar surface area (TPSA) is 12.0 Å². The van der Waals surface area contributed by atoms with Crippen LogP contribution in [0.3, 0.4) is 0 Å². The molecular weight excluding hydrogens is 230 g/mol. The molecule has 1 heteroatoms. The smallest absolute Gasteiger partial charge is 0.0121 e. The number of benzene rings is 1. The Labute approximate surface area is 118 Å². The summed E-state index contributed by atoms with van der Waals surface area (Å²) in [6.45, 7) is 7.09. The Balaban J connectivity index is 2.15. The molecule has 1 N–H and O–H groups in total. The zero-order valence-corrected chi connectivity index (χ0v) is 13.0. The van der Waals surface area contributed by atoms with Gasteiger partial charge in [-0.1, -0.05) is 45.0 Å². The maximum absolute atomic E-state index is 3.57. The summed E-state index contributed by atoms with van der Waals surface area (Å²) in [7, 11) is 2.12. The van der Waals surface area contributed by atoms with Gasteiger partial charge in [0.25, 0.3) is 0 Å². The molecule has 1 nitrogen and oxygen atoms in total. The van der Waals surface area contributed by atoms with Crippen LogP contribution in [-0.4, -0.2) is 13.1 Å². The minimum atomic E-state index is 0.376. The quantitative estimate of drug-likeness (QED) is 0.819. The van der Waals surface area contributed by atoms with Crippen LogP contribution < -0.4 is 5.32 Å². The van der Waals surface area contributed by atoms with Crippen molar-refractivity contribution in [3.8, 4) is 0 Å². The first-order valence-electron chi connectivity index (χ1n) is 7.83. The highest BCUT2D eigenvalue weighted by Gasteiger charge is 2.30. The van der Waals surface area contributed by atoms with E-state index in [-0.39, 0.29) is 0 Å². The lowest BCUT2D eigenvalue weighted by atomic mass is 9.73. The van der Waals surface area contributed by atoms with Gasteiger partial charge in [-0.3, -0.25) is 0 Å². The van der Waals surface area contributed by atoms with Crippen LogP contribution in [0.1, 0.15) is 63.5 Å². The first-order chi connectivity index (χ1) is 9.08. The Morgan fingerprint density at radius 3 is 2.74 bits per heavy atom. The van der Waals surface area contributed by atoms with Gasteiger partial charge in [-0.2, -0.15) is 0 Å². The van der Waals surface area contributed by atoms with Crippen LogP contribution in [0.2, 0.25) is 0 Å². The van der Waals surface area contributed by atoms with Crippen molar-refractivity contribution in [1.29, 1.82) is 0 Å². The van der Waals surface area contributed by atoms with E-state index < -0.39 is 0 Å². The van der Waals surface area contributed by atoms with Gasteiger partial charge < -0.3 is 5.32 Å². The molecule has 0 amide bonds. The highest BCUT2D eigenvalue weighted by Crippen LogP contribution is 2.38. The van der Waals surface area contributed by atoms with Crippen LogP contribution in [0, 0.1) is 5.41 Å². The molecule has 0 aliphatic heterocycles. The summed E-state index contributed by atoms with van der Waals surface area (Å²) in [5.41, 5.74) is 3.57. The summed E-state index contributed by atoms with van der Waals surface area (Å²) >= 11 is 0. The Morgan fingerprint density at radius 1 is 1.32 bits per heavy atom. The fourth-order valence-corrected chi connectivity index (χ4v) is 3.46. The molecule has 2 atom stereocenters. The standard InChI is InChI=1S/C18H29N/c1-5-18(2,3)17(19-4)13-15-11-8-10-14-9-6-7-12-16(14)15/h6-7,9,12,15,17,19H,5,8,10-11,13H2,1-4H3. The normalized spacial score (nSPS) is 20.9. The van der Waals surface area contributed by atoms with Gasteiger partial charge in [-0.05, 0) is 61.6 Å². The predicted molar refractivity (Wildman–Crippen MR) is 83.7 cm³/mol. The van der Waals surface area contributed by atoms with E-state index in [2.05, 4.69) is 57.4 Å². The molecule has 0 fully saturated rings. The van der Waals surface area contributed by atoms with Crippen LogP contribution >= 0.6 is 0 Å². The first kappa shape index (κ1) is 14.6. The molecule has 0 heterocycles. The molecule has 0 spiro atoms. The van der Waals surface area contributed by atoms with Crippen molar-refractivity contribution in [2.75, 3.05) is 7.05 Å². The largest absolute Gasteiger partial charge is 0.316 e. The molecule has 0 saturated carbocycles. The van der Waals surface area contributed by atoms with Crippen LogP contribution in [0.5, 0.6) is 0 Å². The van der Waals surface area contributed by atoms with Crippen molar-refractivity contribution < 1.29 is 0 Å². The fourth-order valence-electron chi connectivity index (χ4n) is 3.46. The van der Waals surface area contributed by atoms with Gasteiger partial charge in [-0.25, -0.2) is 0 Å². The zero-order chi connectivity index (χ0) is 13.9. The summed E-state index contributed by atoms with van der Waals surface area (Å²) in [5, 5.41) is 3.57. The number of fused-ring (bicyclic) bond motifs is 1. The third-order valence-corrected chi connectivity index (χ3v) is 5.22. The third-order valence-electron chi connectivity index (χ3n) is 5.22. The van der Waals surface area contributed by atoms with Crippen LogP contribution in [-0.2, 0) is 6.42 Å². The number of rotatable bonds is 5. The van der Waals surface area contributed by atoms with E-state index in [1.807, 2.05) is 0 Å². The van der Waals surface area contributed by atoms with E-state index in [9.17, 15) is 0 Å². The fraction of sp³-hybridized carbons (Fsp3) is 0.667. The van der Waals surface area contributed by atoms with Gasteiger partial charge in [-0.15, -0.1) is 0 Å². The highest BCUT2D eigenvalue weighted by atomic mass is 14.9. The Kier molecular flexibility index (Phi) is 4.67. The molecule has 1 aliphatic carbocycles. The highest BCUT2D eigenvalue weighted by molar-refractivity contribution is 5.32. The number of nitrogens with one attached hydrogen (secondary N) is 1. The van der Waals surface area contributed by atoms with E-state index in [1.54, 1.807) is 11.1 Å². The van der Waals surface area contributed by atoms with E-state index in [0.29, 0.717) is 11.5 Å². The second kappa shape index (κ2) is 6.09. The zero-order valence-electron chi connectivity index (χ0n) is 13.0. The predicted octanol–water partition coefficient (Wildman–Crippen LogP) is 4.52. The summed E-state index contributed by atoms with van der Waals surface area (Å²) in [6, 6.07) is 9.67. The van der Waals surface area contributed by atoms with Crippen molar-refractivity contribution in [3.05, 3.63) is 35.4 Å². The summed E-state index contributed by atoms with van der Waals surface area (Å²) < 4.78 is 0. The molecule has 1 aromatic carbocycles. The monoisotopic (exact) mass is 259 g/mol. The van der Waals surface area contributed by atoms with Crippen molar-refractivity contribution >= 4 is 0 Å². The summed E-state index contributed by atoms with van der Waals surface area (Å²) in [5.74, 6) is 0.744. The average molecular weight is 259 g/mol. The van der Waals surface area contributed by atoms with E-state index in [0.717, 1.165) is 5.92 Å². The van der Waals surface area contributed by atoms with Gasteiger partial charge >= 0.3 is 0 Å². The molecule has 106 valence electrons. The molecule has 0 radical (unpaired) electrons. The molecule has 19 heavy (non-hydrogen) atoms. The molecule has 1 aromatic rings. The van der Waals surface area contributed by atoms with E-state index >= 15 is 0 Å². The van der Waals surface area contributed by atoms with Crippen molar-refractivity contribution in [2.24, 2.45) is 5.41 Å². The van der Waals surface area contributed by atoms with Gasteiger partial charge in [0.15, 0.2) is 0 Å². The lowest BCUT2D eigenvalue weighted by Crippen LogP contribution is -2.41. The van der Waals surface area contributed by atoms with E-state index in [1.165, 1.54) is 32.1 Å². The Hall–Kier alpha value is -0.820. The number of hydrogen-bond donors (Lipinski definition) is 1. The lowest BCUT2D eigenvalue weighted by molar-refractivity contribution is 0.216. The molecular formula is C18H29N. The lowest BCUT2D eigenvalue weighted by Gasteiger charge is -2.37. The van der Waals surface area contributed by atoms with E-state index in [4.69, 9.17) is 0 Å². The second-order valence-electron chi connectivity index (χ2n) is 6.71. The van der Waals surface area contributed by atoms with Crippen molar-refractivity contribution in [1.82, 2.24) is 5.32 Å². The molecule has 2 unspecified atom stereocenters. The van der Waals surface area contributed by atoms with Crippen LogP contribution in [0.15, 0.2) is 24.3 Å². The molecule has 0 bridgehead atoms. The van der Waals surface area contributed by atoms with Crippen molar-refractivity contribution in [3.63, 3.8) is 0 Å².